The molecule has 0 spiro atoms. The molecule has 0 aliphatic rings. The first-order valence-corrected chi connectivity index (χ1v) is 10.9. The van der Waals surface area contributed by atoms with Crippen molar-refractivity contribution in [3.8, 4) is 0 Å². The van der Waals surface area contributed by atoms with Crippen molar-refractivity contribution in [1.29, 1.82) is 0 Å². The van der Waals surface area contributed by atoms with Crippen molar-refractivity contribution >= 4 is 11.4 Å². The van der Waals surface area contributed by atoms with E-state index in [-0.39, 0.29) is 0 Å². The molecule has 1 atom stereocenters. The summed E-state index contributed by atoms with van der Waals surface area (Å²) < 4.78 is 25.2. The quantitative estimate of drug-likeness (QED) is 0.236. The molecular formula is C19H43NO3S. The van der Waals surface area contributed by atoms with Crippen LogP contribution in [0.25, 0.3) is 0 Å². The maximum atomic E-state index is 8.56. The van der Waals surface area contributed by atoms with Crippen LogP contribution in [0.5, 0.6) is 0 Å². The molecule has 0 fully saturated rings. The molecule has 0 saturated heterocycles. The zero-order chi connectivity index (χ0) is 18.7. The van der Waals surface area contributed by atoms with Gasteiger partial charge in [0, 0.05) is 0 Å². The van der Waals surface area contributed by atoms with Gasteiger partial charge in [-0.25, -0.2) is 4.21 Å². The number of quaternary nitrogens is 1. The Morgan fingerprint density at radius 3 is 1.21 bits per heavy atom. The zero-order valence-corrected chi connectivity index (χ0v) is 17.5. The maximum absolute atomic E-state index is 8.56. The van der Waals surface area contributed by atoms with Crippen LogP contribution in [0.15, 0.2) is 0 Å². The minimum Gasteiger partial charge on any atom is -0.750 e. The molecule has 0 aromatic heterocycles. The lowest BCUT2D eigenvalue weighted by Crippen LogP contribution is -2.35. The minimum atomic E-state index is -2.86. The molecule has 1 N–H and O–H groups in total. The van der Waals surface area contributed by atoms with Crippen molar-refractivity contribution in [3.63, 3.8) is 0 Å². The van der Waals surface area contributed by atoms with Crippen LogP contribution in [-0.4, -0.2) is 45.5 Å². The predicted molar refractivity (Wildman–Crippen MR) is 105 cm³/mol. The van der Waals surface area contributed by atoms with Crippen molar-refractivity contribution < 1.29 is 17.8 Å². The summed E-state index contributed by atoms with van der Waals surface area (Å²) in [6, 6.07) is 0. The molecule has 0 aromatic rings. The van der Waals surface area contributed by atoms with Gasteiger partial charge in [0.15, 0.2) is 0 Å². The highest BCUT2D eigenvalue weighted by atomic mass is 32.2. The van der Waals surface area contributed by atoms with E-state index in [0.29, 0.717) is 0 Å². The lowest BCUT2D eigenvalue weighted by Gasteiger charge is -2.23. The first kappa shape index (κ1) is 26.3. The Hall–Kier alpha value is 0.0300. The molecule has 0 aliphatic carbocycles. The topological polar surface area (TPSA) is 60.4 Å². The highest BCUT2D eigenvalue weighted by Crippen LogP contribution is 2.13. The molecule has 0 saturated carbocycles. The molecule has 0 heterocycles. The largest absolute Gasteiger partial charge is 0.750 e. The Kier molecular flexibility index (Phi) is 21.2. The fourth-order valence-corrected chi connectivity index (χ4v) is 2.78. The van der Waals surface area contributed by atoms with E-state index in [9.17, 15) is 0 Å². The Morgan fingerprint density at radius 1 is 0.708 bits per heavy atom. The van der Waals surface area contributed by atoms with Gasteiger partial charge in [-0.2, -0.15) is 0 Å². The number of hydrogen-bond donors (Lipinski definition) is 1. The van der Waals surface area contributed by atoms with Crippen LogP contribution in [0.3, 0.4) is 0 Å². The van der Waals surface area contributed by atoms with Gasteiger partial charge in [0.25, 0.3) is 0 Å². The van der Waals surface area contributed by atoms with Crippen molar-refractivity contribution in [2.75, 3.05) is 27.7 Å². The van der Waals surface area contributed by atoms with Crippen molar-refractivity contribution in [1.82, 2.24) is 0 Å². The Bertz CT molecular complexity index is 264. The van der Waals surface area contributed by atoms with Crippen LogP contribution in [0.1, 0.15) is 96.8 Å². The van der Waals surface area contributed by atoms with E-state index >= 15 is 0 Å². The van der Waals surface area contributed by atoms with Gasteiger partial charge in [-0.15, -0.1) is 0 Å². The Labute approximate surface area is 154 Å². The molecule has 24 heavy (non-hydrogen) atoms. The van der Waals surface area contributed by atoms with Gasteiger partial charge in [-0.1, -0.05) is 84.0 Å². The third kappa shape index (κ3) is 33.6. The number of hydrogen-bond acceptors (Lipinski definition) is 2. The van der Waals surface area contributed by atoms with Gasteiger partial charge >= 0.3 is 0 Å². The smallest absolute Gasteiger partial charge is 0.0814 e. The van der Waals surface area contributed by atoms with Crippen molar-refractivity contribution in [2.45, 2.75) is 96.8 Å². The summed E-state index contributed by atoms with van der Waals surface area (Å²) in [6.45, 7) is 3.63. The number of rotatable bonds is 15. The second kappa shape index (κ2) is 19.4. The van der Waals surface area contributed by atoms with Crippen molar-refractivity contribution in [3.05, 3.63) is 0 Å². The monoisotopic (exact) mass is 365 g/mol. The summed E-state index contributed by atoms with van der Waals surface area (Å²) in [5.74, 6) is 0. The molecule has 5 heteroatoms. The average molecular weight is 366 g/mol. The third-order valence-corrected chi connectivity index (χ3v) is 4.18. The summed E-state index contributed by atoms with van der Waals surface area (Å²) >= 11 is -2.86. The van der Waals surface area contributed by atoms with E-state index in [2.05, 4.69) is 28.1 Å². The molecule has 0 aliphatic heterocycles. The Morgan fingerprint density at radius 2 is 0.958 bits per heavy atom. The SMILES string of the molecule is CCCCCCCCCCCCCCCC[N+](C)(C)C.O=S([O-])O. The lowest BCUT2D eigenvalue weighted by molar-refractivity contribution is -0.870. The van der Waals surface area contributed by atoms with Gasteiger partial charge in [-0.3, -0.25) is 0 Å². The van der Waals surface area contributed by atoms with Crippen LogP contribution >= 0.6 is 0 Å². The van der Waals surface area contributed by atoms with E-state index in [0.717, 1.165) is 4.48 Å². The normalized spacial score (nSPS) is 12.6. The fourth-order valence-electron chi connectivity index (χ4n) is 2.78. The second-order valence-electron chi connectivity index (χ2n) is 7.83. The second-order valence-corrected chi connectivity index (χ2v) is 8.26. The molecule has 4 nitrogen and oxygen atoms in total. The minimum absolute atomic E-state index is 1.12. The van der Waals surface area contributed by atoms with Gasteiger partial charge in [0.1, 0.15) is 0 Å². The third-order valence-electron chi connectivity index (χ3n) is 4.18. The highest BCUT2D eigenvalue weighted by Gasteiger charge is 2.04. The van der Waals surface area contributed by atoms with E-state index in [1.54, 1.807) is 0 Å². The van der Waals surface area contributed by atoms with Crippen LogP contribution in [-0.2, 0) is 11.4 Å². The lowest BCUT2D eigenvalue weighted by atomic mass is 10.0. The molecule has 0 radical (unpaired) electrons. The standard InChI is InChI=1S/C19H42N.H2O3S/c1-5-6-7-8-9-10-11-12-13-14-15-16-17-18-19-20(2,3)4;1-4(2)3/h5-19H2,1-4H3;(H2,1,2,3)/q+1;/p-1. The number of unbranched alkanes of at least 4 members (excludes halogenated alkanes) is 13. The van der Waals surface area contributed by atoms with Crippen LogP contribution < -0.4 is 0 Å². The summed E-state index contributed by atoms with van der Waals surface area (Å²) in [5, 5.41) is 0. The molecule has 0 aromatic carbocycles. The van der Waals surface area contributed by atoms with E-state index in [1.165, 1.54) is 96.4 Å². The highest BCUT2D eigenvalue weighted by molar-refractivity contribution is 7.73. The summed E-state index contributed by atoms with van der Waals surface area (Å²) in [7, 11) is 6.88. The summed E-state index contributed by atoms with van der Waals surface area (Å²) in [6.07, 6.45) is 20.4. The van der Waals surface area contributed by atoms with Crippen molar-refractivity contribution in [2.24, 2.45) is 0 Å². The average Bonchev–Trinajstić information content (AvgIpc) is 2.46. The molecule has 148 valence electrons. The zero-order valence-electron chi connectivity index (χ0n) is 16.7. The van der Waals surface area contributed by atoms with Gasteiger partial charge in [0.05, 0.1) is 39.0 Å². The van der Waals surface area contributed by atoms with Crippen LogP contribution in [0.2, 0.25) is 0 Å². The first-order valence-electron chi connectivity index (χ1n) is 9.88. The van der Waals surface area contributed by atoms with Gasteiger partial charge in [0.2, 0.25) is 0 Å². The molecule has 1 unspecified atom stereocenters. The van der Waals surface area contributed by atoms with Gasteiger partial charge in [-0.05, 0) is 12.8 Å². The molecule has 0 rings (SSSR count). The van der Waals surface area contributed by atoms with E-state index < -0.39 is 11.4 Å². The van der Waals surface area contributed by atoms with Crippen LogP contribution in [0, 0.1) is 0 Å². The maximum Gasteiger partial charge on any atom is 0.0814 e. The van der Waals surface area contributed by atoms with E-state index in [4.69, 9.17) is 13.3 Å². The Balaban J connectivity index is 0. The summed E-state index contributed by atoms with van der Waals surface area (Å²) in [5.41, 5.74) is 0. The molecule has 0 bridgehead atoms. The number of nitrogens with zero attached hydrogens (tertiary/aromatic N) is 1. The molecule has 0 amide bonds. The fraction of sp³-hybridized carbons (Fsp3) is 1.00. The van der Waals surface area contributed by atoms with E-state index in [1.807, 2.05) is 0 Å². The molecular weight excluding hydrogens is 322 g/mol. The summed E-state index contributed by atoms with van der Waals surface area (Å²) in [4.78, 5) is 0. The van der Waals surface area contributed by atoms with Crippen LogP contribution in [0.4, 0.5) is 0 Å². The predicted octanol–water partition coefficient (Wildman–Crippen LogP) is 5.51. The van der Waals surface area contributed by atoms with Gasteiger partial charge < -0.3 is 13.6 Å². The first-order chi connectivity index (χ1) is 11.3.